The van der Waals surface area contributed by atoms with Crippen molar-refractivity contribution >= 4 is 11.4 Å². The lowest BCUT2D eigenvalue weighted by Gasteiger charge is -2.03. The second kappa shape index (κ2) is 4.50. The van der Waals surface area contributed by atoms with E-state index in [1.54, 1.807) is 0 Å². The Labute approximate surface area is 78.2 Å². The van der Waals surface area contributed by atoms with Crippen molar-refractivity contribution in [1.82, 2.24) is 0 Å². The summed E-state index contributed by atoms with van der Waals surface area (Å²) in [6.07, 6.45) is 0. The summed E-state index contributed by atoms with van der Waals surface area (Å²) in [6, 6.07) is 7.59. The molecule has 0 aromatic heterocycles. The number of anilines is 1. The van der Waals surface area contributed by atoms with Crippen LogP contribution in [-0.4, -0.2) is 12.3 Å². The van der Waals surface area contributed by atoms with Crippen LogP contribution < -0.4 is 5.73 Å². The fourth-order valence-corrected chi connectivity index (χ4v) is 1.04. The number of rotatable bonds is 3. The lowest BCUT2D eigenvalue weighted by molar-refractivity contribution is 0.159. The lowest BCUT2D eigenvalue weighted by atomic mass is 10.1. The smallest absolute Gasteiger partial charge is 0.114 e. The van der Waals surface area contributed by atoms with Gasteiger partial charge in [0, 0.05) is 11.3 Å². The molecule has 0 aliphatic carbocycles. The summed E-state index contributed by atoms with van der Waals surface area (Å²) >= 11 is 0. The third-order valence-electron chi connectivity index (χ3n) is 1.68. The van der Waals surface area contributed by atoms with E-state index in [1.165, 1.54) is 0 Å². The molecule has 1 rings (SSSR count). The molecule has 3 heteroatoms. The molecule has 0 bridgehead atoms. The number of nitrogens with zero attached hydrogens (tertiary/aromatic N) is 1. The number of oxime groups is 1. The molecule has 13 heavy (non-hydrogen) atoms. The monoisotopic (exact) mass is 178 g/mol. The highest BCUT2D eigenvalue weighted by Crippen LogP contribution is 2.11. The molecule has 0 radical (unpaired) electrons. The molecule has 2 N–H and O–H groups in total. The standard InChI is InChI=1S/C10H14N2O/c1-3-13-12-8(2)9-6-4-5-7-10(9)11/h4-7H,3,11H2,1-2H3. The largest absolute Gasteiger partial charge is 0.398 e. The fourth-order valence-electron chi connectivity index (χ4n) is 1.04. The normalized spacial score (nSPS) is 11.4. The zero-order valence-electron chi connectivity index (χ0n) is 7.95. The van der Waals surface area contributed by atoms with Gasteiger partial charge in [-0.15, -0.1) is 0 Å². The summed E-state index contributed by atoms with van der Waals surface area (Å²) in [4.78, 5) is 4.94. The molecule has 0 aliphatic heterocycles. The van der Waals surface area contributed by atoms with Gasteiger partial charge in [-0.1, -0.05) is 23.4 Å². The minimum atomic E-state index is 0.573. The summed E-state index contributed by atoms with van der Waals surface area (Å²) in [5.41, 5.74) is 8.21. The average Bonchev–Trinajstić information content (AvgIpc) is 2.15. The molecule has 0 fully saturated rings. The highest BCUT2D eigenvalue weighted by Gasteiger charge is 2.00. The number of para-hydroxylation sites is 1. The molecular formula is C10H14N2O. The molecule has 70 valence electrons. The Balaban J connectivity index is 2.88. The van der Waals surface area contributed by atoms with Crippen LogP contribution in [0.15, 0.2) is 29.4 Å². The van der Waals surface area contributed by atoms with Crippen molar-refractivity contribution in [2.24, 2.45) is 5.16 Å². The quantitative estimate of drug-likeness (QED) is 0.437. The van der Waals surface area contributed by atoms with Crippen molar-refractivity contribution in [1.29, 1.82) is 0 Å². The van der Waals surface area contributed by atoms with Gasteiger partial charge < -0.3 is 10.6 Å². The molecule has 0 heterocycles. The number of hydrogen-bond acceptors (Lipinski definition) is 3. The summed E-state index contributed by atoms with van der Waals surface area (Å²) in [6.45, 7) is 4.34. The minimum absolute atomic E-state index is 0.573. The topological polar surface area (TPSA) is 47.6 Å². The van der Waals surface area contributed by atoms with Gasteiger partial charge in [0.2, 0.25) is 0 Å². The molecule has 0 amide bonds. The van der Waals surface area contributed by atoms with Crippen molar-refractivity contribution in [3.8, 4) is 0 Å². The van der Waals surface area contributed by atoms with E-state index in [1.807, 2.05) is 38.1 Å². The van der Waals surface area contributed by atoms with E-state index in [9.17, 15) is 0 Å². The Morgan fingerprint density at radius 2 is 2.15 bits per heavy atom. The van der Waals surface area contributed by atoms with Crippen molar-refractivity contribution < 1.29 is 4.84 Å². The zero-order chi connectivity index (χ0) is 9.68. The van der Waals surface area contributed by atoms with E-state index in [2.05, 4.69) is 5.16 Å². The molecule has 0 atom stereocenters. The molecule has 3 nitrogen and oxygen atoms in total. The average molecular weight is 178 g/mol. The van der Waals surface area contributed by atoms with Gasteiger partial charge in [-0.3, -0.25) is 0 Å². The zero-order valence-corrected chi connectivity index (χ0v) is 7.95. The molecule has 1 aromatic carbocycles. The first-order valence-electron chi connectivity index (χ1n) is 4.27. The van der Waals surface area contributed by atoms with Gasteiger partial charge in [0.1, 0.15) is 6.61 Å². The predicted octanol–water partition coefficient (Wildman–Crippen LogP) is 2.03. The van der Waals surface area contributed by atoms with Crippen molar-refractivity contribution in [2.75, 3.05) is 12.3 Å². The van der Waals surface area contributed by atoms with Gasteiger partial charge in [-0.2, -0.15) is 0 Å². The van der Waals surface area contributed by atoms with E-state index in [-0.39, 0.29) is 0 Å². The van der Waals surface area contributed by atoms with Crippen LogP contribution in [0.1, 0.15) is 19.4 Å². The molecule has 0 aliphatic rings. The van der Waals surface area contributed by atoms with Crippen LogP contribution in [0.2, 0.25) is 0 Å². The molecule has 0 spiro atoms. The second-order valence-corrected chi connectivity index (χ2v) is 2.68. The van der Waals surface area contributed by atoms with Crippen LogP contribution in [0.5, 0.6) is 0 Å². The third kappa shape index (κ3) is 2.47. The maximum absolute atomic E-state index is 5.76. The van der Waals surface area contributed by atoms with E-state index < -0.39 is 0 Å². The van der Waals surface area contributed by atoms with Gasteiger partial charge in [0.05, 0.1) is 5.71 Å². The number of hydrogen-bond donors (Lipinski definition) is 1. The summed E-state index contributed by atoms with van der Waals surface area (Å²) in [5.74, 6) is 0. The Morgan fingerprint density at radius 3 is 2.77 bits per heavy atom. The van der Waals surface area contributed by atoms with Crippen LogP contribution in [0.3, 0.4) is 0 Å². The van der Waals surface area contributed by atoms with Gasteiger partial charge in [0.15, 0.2) is 0 Å². The third-order valence-corrected chi connectivity index (χ3v) is 1.68. The Morgan fingerprint density at radius 1 is 1.46 bits per heavy atom. The van der Waals surface area contributed by atoms with E-state index >= 15 is 0 Å². The van der Waals surface area contributed by atoms with Gasteiger partial charge in [-0.25, -0.2) is 0 Å². The van der Waals surface area contributed by atoms with Crippen LogP contribution >= 0.6 is 0 Å². The Kier molecular flexibility index (Phi) is 3.31. The highest BCUT2D eigenvalue weighted by atomic mass is 16.6. The number of nitrogens with two attached hydrogens (primary N) is 1. The van der Waals surface area contributed by atoms with Gasteiger partial charge in [0.25, 0.3) is 0 Å². The minimum Gasteiger partial charge on any atom is -0.398 e. The van der Waals surface area contributed by atoms with Crippen LogP contribution in [0.4, 0.5) is 5.69 Å². The van der Waals surface area contributed by atoms with Gasteiger partial charge >= 0.3 is 0 Å². The molecular weight excluding hydrogens is 164 g/mol. The van der Waals surface area contributed by atoms with Crippen molar-refractivity contribution in [2.45, 2.75) is 13.8 Å². The molecule has 1 aromatic rings. The predicted molar refractivity (Wildman–Crippen MR) is 54.7 cm³/mol. The second-order valence-electron chi connectivity index (χ2n) is 2.68. The maximum atomic E-state index is 5.76. The SMILES string of the molecule is CCON=C(C)c1ccccc1N. The number of nitrogen functional groups attached to an aromatic ring is 1. The first kappa shape index (κ1) is 9.58. The molecule has 0 unspecified atom stereocenters. The number of benzene rings is 1. The Hall–Kier alpha value is -1.51. The van der Waals surface area contributed by atoms with E-state index in [0.717, 1.165) is 17.0 Å². The summed E-state index contributed by atoms with van der Waals surface area (Å²) in [5, 5.41) is 3.91. The Bertz CT molecular complexity index is 308. The van der Waals surface area contributed by atoms with Crippen molar-refractivity contribution in [3.63, 3.8) is 0 Å². The van der Waals surface area contributed by atoms with Crippen LogP contribution in [-0.2, 0) is 4.84 Å². The lowest BCUT2D eigenvalue weighted by Crippen LogP contribution is -2.01. The maximum Gasteiger partial charge on any atom is 0.114 e. The highest BCUT2D eigenvalue weighted by molar-refractivity contribution is 6.02. The fraction of sp³-hybridized carbons (Fsp3) is 0.300. The first-order chi connectivity index (χ1) is 6.25. The van der Waals surface area contributed by atoms with Crippen LogP contribution in [0, 0.1) is 0 Å². The van der Waals surface area contributed by atoms with Crippen molar-refractivity contribution in [3.05, 3.63) is 29.8 Å². The molecule has 0 saturated carbocycles. The van der Waals surface area contributed by atoms with Gasteiger partial charge in [-0.05, 0) is 19.9 Å². The summed E-state index contributed by atoms with van der Waals surface area (Å²) in [7, 11) is 0. The molecule has 0 saturated heterocycles. The van der Waals surface area contributed by atoms with E-state index in [4.69, 9.17) is 10.6 Å². The van der Waals surface area contributed by atoms with Crippen LogP contribution in [0.25, 0.3) is 0 Å². The first-order valence-corrected chi connectivity index (χ1v) is 4.27. The summed E-state index contributed by atoms with van der Waals surface area (Å²) < 4.78 is 0. The van der Waals surface area contributed by atoms with E-state index in [0.29, 0.717) is 6.61 Å².